The quantitative estimate of drug-likeness (QED) is 0.798. The SMILES string of the molecule is Cc1scnc1C(Br)C(=O)O. The van der Waals surface area contributed by atoms with Crippen molar-refractivity contribution in [3.8, 4) is 0 Å². The van der Waals surface area contributed by atoms with Gasteiger partial charge < -0.3 is 5.11 Å². The van der Waals surface area contributed by atoms with Crippen molar-refractivity contribution in [3.05, 3.63) is 16.1 Å². The third-order valence-electron chi connectivity index (χ3n) is 1.24. The van der Waals surface area contributed by atoms with Crippen LogP contribution in [0.25, 0.3) is 0 Å². The van der Waals surface area contributed by atoms with Crippen LogP contribution in [0.3, 0.4) is 0 Å². The highest BCUT2D eigenvalue weighted by Gasteiger charge is 2.19. The minimum Gasteiger partial charge on any atom is -0.480 e. The van der Waals surface area contributed by atoms with Gasteiger partial charge in [-0.05, 0) is 6.92 Å². The topological polar surface area (TPSA) is 50.2 Å². The molecular formula is C6H6BrNO2S. The lowest BCUT2D eigenvalue weighted by molar-refractivity contribution is -0.136. The summed E-state index contributed by atoms with van der Waals surface area (Å²) >= 11 is 4.47. The molecule has 0 amide bonds. The second-order valence-corrected chi connectivity index (χ2v) is 3.97. The largest absolute Gasteiger partial charge is 0.480 e. The number of nitrogens with zero attached hydrogens (tertiary/aromatic N) is 1. The number of aromatic nitrogens is 1. The zero-order valence-electron chi connectivity index (χ0n) is 5.74. The van der Waals surface area contributed by atoms with Crippen LogP contribution in [0.2, 0.25) is 0 Å². The average molecular weight is 236 g/mol. The molecule has 1 heterocycles. The molecule has 0 saturated carbocycles. The normalized spacial score (nSPS) is 12.9. The molecule has 11 heavy (non-hydrogen) atoms. The lowest BCUT2D eigenvalue weighted by atomic mass is 10.3. The van der Waals surface area contributed by atoms with Crippen molar-refractivity contribution in [2.45, 2.75) is 11.8 Å². The molecule has 0 bridgehead atoms. The van der Waals surface area contributed by atoms with Gasteiger partial charge in [-0.25, -0.2) is 4.98 Å². The Bertz CT molecular complexity index is 273. The first-order valence-corrected chi connectivity index (χ1v) is 4.69. The van der Waals surface area contributed by atoms with E-state index in [4.69, 9.17) is 5.11 Å². The van der Waals surface area contributed by atoms with Gasteiger partial charge in [0.25, 0.3) is 0 Å². The van der Waals surface area contributed by atoms with Crippen LogP contribution < -0.4 is 0 Å². The summed E-state index contributed by atoms with van der Waals surface area (Å²) in [6, 6.07) is 0. The first kappa shape index (κ1) is 8.67. The Morgan fingerprint density at radius 3 is 2.91 bits per heavy atom. The molecule has 0 spiro atoms. The number of carboxylic acids is 1. The molecule has 3 nitrogen and oxygen atoms in total. The number of carbonyl (C=O) groups is 1. The molecular weight excluding hydrogens is 230 g/mol. The molecule has 1 atom stereocenters. The lowest BCUT2D eigenvalue weighted by Gasteiger charge is -2.00. The number of carboxylic acid groups (broad SMARTS) is 1. The van der Waals surface area contributed by atoms with E-state index >= 15 is 0 Å². The number of alkyl halides is 1. The summed E-state index contributed by atoms with van der Waals surface area (Å²) in [6.45, 7) is 1.85. The summed E-state index contributed by atoms with van der Waals surface area (Å²) in [4.78, 5) is 14.7. The second kappa shape index (κ2) is 3.32. The van der Waals surface area contributed by atoms with Crippen LogP contribution in [-0.2, 0) is 4.79 Å². The Morgan fingerprint density at radius 2 is 2.55 bits per heavy atom. The van der Waals surface area contributed by atoms with Gasteiger partial charge in [0.2, 0.25) is 0 Å². The summed E-state index contributed by atoms with van der Waals surface area (Å²) in [5.74, 6) is -0.904. The smallest absolute Gasteiger partial charge is 0.323 e. The zero-order valence-corrected chi connectivity index (χ0v) is 8.15. The summed E-state index contributed by atoms with van der Waals surface area (Å²) in [6.07, 6.45) is 0. The van der Waals surface area contributed by atoms with E-state index in [0.29, 0.717) is 5.69 Å². The molecule has 1 unspecified atom stereocenters. The number of aliphatic carboxylic acids is 1. The molecule has 0 aromatic carbocycles. The van der Waals surface area contributed by atoms with Gasteiger partial charge in [0.1, 0.15) is 0 Å². The van der Waals surface area contributed by atoms with E-state index in [1.165, 1.54) is 11.3 Å². The van der Waals surface area contributed by atoms with Crippen LogP contribution in [-0.4, -0.2) is 16.1 Å². The predicted octanol–water partition coefficient (Wildman–Crippen LogP) is 1.97. The van der Waals surface area contributed by atoms with Crippen LogP contribution in [0.15, 0.2) is 5.51 Å². The van der Waals surface area contributed by atoms with Gasteiger partial charge in [-0.3, -0.25) is 4.79 Å². The predicted molar refractivity (Wildman–Crippen MR) is 46.2 cm³/mol. The Hall–Kier alpha value is -0.420. The number of halogens is 1. The summed E-state index contributed by atoms with van der Waals surface area (Å²) in [5, 5.41) is 8.60. The number of hydrogen-bond donors (Lipinski definition) is 1. The summed E-state index contributed by atoms with van der Waals surface area (Å²) in [7, 11) is 0. The van der Waals surface area contributed by atoms with Crippen LogP contribution in [0.1, 0.15) is 15.4 Å². The number of hydrogen-bond acceptors (Lipinski definition) is 3. The molecule has 1 aromatic heterocycles. The third kappa shape index (κ3) is 1.78. The lowest BCUT2D eigenvalue weighted by Crippen LogP contribution is -2.05. The molecule has 0 radical (unpaired) electrons. The van der Waals surface area contributed by atoms with Crippen molar-refractivity contribution in [2.24, 2.45) is 0 Å². The fraction of sp³-hybridized carbons (Fsp3) is 0.333. The molecule has 5 heteroatoms. The maximum atomic E-state index is 10.5. The molecule has 60 valence electrons. The van der Waals surface area contributed by atoms with Crippen molar-refractivity contribution < 1.29 is 9.90 Å². The first-order valence-electron chi connectivity index (χ1n) is 2.89. The van der Waals surface area contributed by atoms with E-state index in [0.717, 1.165) is 4.88 Å². The average Bonchev–Trinajstić information content (AvgIpc) is 2.33. The van der Waals surface area contributed by atoms with Crippen LogP contribution >= 0.6 is 27.3 Å². The molecule has 0 saturated heterocycles. The molecule has 0 aliphatic carbocycles. The van der Waals surface area contributed by atoms with Crippen LogP contribution in [0, 0.1) is 6.92 Å². The maximum absolute atomic E-state index is 10.5. The minimum absolute atomic E-state index is 0.600. The van der Waals surface area contributed by atoms with Gasteiger partial charge in [0, 0.05) is 4.88 Å². The van der Waals surface area contributed by atoms with E-state index in [9.17, 15) is 4.79 Å². The van der Waals surface area contributed by atoms with Gasteiger partial charge >= 0.3 is 5.97 Å². The number of rotatable bonds is 2. The van der Waals surface area contributed by atoms with Crippen LogP contribution in [0.4, 0.5) is 0 Å². The monoisotopic (exact) mass is 235 g/mol. The highest BCUT2D eigenvalue weighted by atomic mass is 79.9. The highest BCUT2D eigenvalue weighted by molar-refractivity contribution is 9.09. The van der Waals surface area contributed by atoms with Gasteiger partial charge in [-0.2, -0.15) is 0 Å². The third-order valence-corrected chi connectivity index (χ3v) is 2.84. The first-order chi connectivity index (χ1) is 5.13. The standard InChI is InChI=1S/C6H6BrNO2S/c1-3-5(8-2-11-3)4(7)6(9)10/h2,4H,1H3,(H,9,10). The number of thiazole rings is 1. The molecule has 0 aliphatic rings. The molecule has 0 fully saturated rings. The van der Waals surface area contributed by atoms with Crippen molar-refractivity contribution in [3.63, 3.8) is 0 Å². The highest BCUT2D eigenvalue weighted by Crippen LogP contribution is 2.26. The second-order valence-electron chi connectivity index (χ2n) is 1.99. The number of aryl methyl sites for hydroxylation is 1. The van der Waals surface area contributed by atoms with Gasteiger partial charge in [0.05, 0.1) is 11.2 Å². The zero-order chi connectivity index (χ0) is 8.43. The van der Waals surface area contributed by atoms with Crippen molar-refractivity contribution in [2.75, 3.05) is 0 Å². The van der Waals surface area contributed by atoms with E-state index in [1.54, 1.807) is 5.51 Å². The minimum atomic E-state index is -0.904. The van der Waals surface area contributed by atoms with Crippen LogP contribution in [0.5, 0.6) is 0 Å². The maximum Gasteiger partial charge on any atom is 0.323 e. The van der Waals surface area contributed by atoms with Gasteiger partial charge in [0.15, 0.2) is 4.83 Å². The molecule has 0 aliphatic heterocycles. The van der Waals surface area contributed by atoms with E-state index < -0.39 is 10.8 Å². The van der Waals surface area contributed by atoms with E-state index in [1.807, 2.05) is 6.92 Å². The van der Waals surface area contributed by atoms with Gasteiger partial charge in [-0.1, -0.05) is 15.9 Å². The Morgan fingerprint density at radius 1 is 1.91 bits per heavy atom. The molecule has 1 N–H and O–H groups in total. The van der Waals surface area contributed by atoms with Crippen molar-refractivity contribution >= 4 is 33.2 Å². The molecule has 1 rings (SSSR count). The van der Waals surface area contributed by atoms with Crippen molar-refractivity contribution in [1.29, 1.82) is 0 Å². The fourth-order valence-corrected chi connectivity index (χ4v) is 1.90. The van der Waals surface area contributed by atoms with Crippen molar-refractivity contribution in [1.82, 2.24) is 4.98 Å². The Labute approximate surface area is 76.2 Å². The molecule has 1 aromatic rings. The Kier molecular flexibility index (Phi) is 2.62. The van der Waals surface area contributed by atoms with E-state index in [2.05, 4.69) is 20.9 Å². The fourth-order valence-electron chi connectivity index (χ4n) is 0.674. The Balaban J connectivity index is 2.92. The summed E-state index contributed by atoms with van der Waals surface area (Å²) in [5.41, 5.74) is 2.24. The van der Waals surface area contributed by atoms with E-state index in [-0.39, 0.29) is 0 Å². The van der Waals surface area contributed by atoms with Gasteiger partial charge in [-0.15, -0.1) is 11.3 Å². The summed E-state index contributed by atoms with van der Waals surface area (Å²) < 4.78 is 0.